The van der Waals surface area contributed by atoms with E-state index < -0.39 is 0 Å². The molecule has 1 aromatic heterocycles. The second-order valence-electron chi connectivity index (χ2n) is 3.77. The summed E-state index contributed by atoms with van der Waals surface area (Å²) in [6, 6.07) is 12.3. The Labute approximate surface area is 106 Å². The van der Waals surface area contributed by atoms with Crippen LogP contribution < -0.4 is 0 Å². The molecule has 17 heavy (non-hydrogen) atoms. The van der Waals surface area contributed by atoms with Crippen LogP contribution in [0.15, 0.2) is 46.9 Å². The van der Waals surface area contributed by atoms with Crippen molar-refractivity contribution in [1.29, 1.82) is 0 Å². The fourth-order valence-corrected chi connectivity index (χ4v) is 2.18. The standard InChI is InChI=1S/C13H8BrFN2/c14-9-3-6-11-12(7-9)16-17-13(11)8-1-4-10(15)5-2-8/h1-7H,(H,16,17). The maximum Gasteiger partial charge on any atom is 0.123 e. The number of fused-ring (bicyclic) bond motifs is 1. The molecule has 0 saturated carbocycles. The molecule has 3 rings (SSSR count). The number of nitrogens with one attached hydrogen (secondary N) is 1. The number of nitrogens with zero attached hydrogens (tertiary/aromatic N) is 1. The van der Waals surface area contributed by atoms with Gasteiger partial charge in [-0.05, 0) is 42.5 Å². The Morgan fingerprint density at radius 3 is 2.59 bits per heavy atom. The zero-order valence-electron chi connectivity index (χ0n) is 8.74. The number of aromatic amines is 1. The van der Waals surface area contributed by atoms with Gasteiger partial charge in [0.05, 0.1) is 11.2 Å². The van der Waals surface area contributed by atoms with Gasteiger partial charge < -0.3 is 0 Å². The summed E-state index contributed by atoms with van der Waals surface area (Å²) in [4.78, 5) is 0. The highest BCUT2D eigenvalue weighted by Gasteiger charge is 2.08. The quantitative estimate of drug-likeness (QED) is 0.717. The molecule has 0 amide bonds. The van der Waals surface area contributed by atoms with Crippen LogP contribution in [0.1, 0.15) is 0 Å². The number of rotatable bonds is 1. The van der Waals surface area contributed by atoms with Crippen LogP contribution in [0.25, 0.3) is 22.2 Å². The molecule has 2 aromatic carbocycles. The highest BCUT2D eigenvalue weighted by molar-refractivity contribution is 9.10. The van der Waals surface area contributed by atoms with Crippen molar-refractivity contribution in [3.05, 3.63) is 52.8 Å². The molecule has 0 aliphatic rings. The molecular weight excluding hydrogens is 283 g/mol. The molecule has 0 saturated heterocycles. The zero-order chi connectivity index (χ0) is 11.8. The van der Waals surface area contributed by atoms with Crippen molar-refractivity contribution >= 4 is 26.8 Å². The van der Waals surface area contributed by atoms with Gasteiger partial charge in [0.25, 0.3) is 0 Å². The van der Waals surface area contributed by atoms with Crippen molar-refractivity contribution in [2.24, 2.45) is 0 Å². The van der Waals surface area contributed by atoms with Crippen LogP contribution in [0.5, 0.6) is 0 Å². The van der Waals surface area contributed by atoms with E-state index in [4.69, 9.17) is 0 Å². The number of benzene rings is 2. The van der Waals surface area contributed by atoms with Crippen LogP contribution in [0.3, 0.4) is 0 Å². The van der Waals surface area contributed by atoms with E-state index in [2.05, 4.69) is 26.1 Å². The summed E-state index contributed by atoms with van der Waals surface area (Å²) < 4.78 is 13.9. The van der Waals surface area contributed by atoms with E-state index in [0.717, 1.165) is 26.6 Å². The van der Waals surface area contributed by atoms with E-state index in [9.17, 15) is 4.39 Å². The van der Waals surface area contributed by atoms with Crippen LogP contribution in [0.2, 0.25) is 0 Å². The summed E-state index contributed by atoms with van der Waals surface area (Å²) >= 11 is 3.41. The topological polar surface area (TPSA) is 28.7 Å². The number of hydrogen-bond acceptors (Lipinski definition) is 1. The molecule has 0 atom stereocenters. The summed E-state index contributed by atoms with van der Waals surface area (Å²) in [5, 5.41) is 8.26. The highest BCUT2D eigenvalue weighted by Crippen LogP contribution is 2.28. The normalized spacial score (nSPS) is 10.9. The lowest BCUT2D eigenvalue weighted by atomic mass is 10.1. The first-order valence-corrected chi connectivity index (χ1v) is 5.93. The van der Waals surface area contributed by atoms with E-state index in [1.54, 1.807) is 12.1 Å². The molecule has 0 spiro atoms. The van der Waals surface area contributed by atoms with Crippen molar-refractivity contribution in [1.82, 2.24) is 10.2 Å². The molecular formula is C13H8BrFN2. The Morgan fingerprint density at radius 2 is 1.82 bits per heavy atom. The van der Waals surface area contributed by atoms with Crippen LogP contribution in [0, 0.1) is 5.82 Å². The molecule has 2 nitrogen and oxygen atoms in total. The number of halogens is 2. The summed E-state index contributed by atoms with van der Waals surface area (Å²) in [6.07, 6.45) is 0. The summed E-state index contributed by atoms with van der Waals surface area (Å²) in [5.41, 5.74) is 2.70. The van der Waals surface area contributed by atoms with Gasteiger partial charge in [-0.15, -0.1) is 0 Å². The van der Waals surface area contributed by atoms with Crippen LogP contribution in [0.4, 0.5) is 4.39 Å². The van der Waals surface area contributed by atoms with Gasteiger partial charge in [0, 0.05) is 15.4 Å². The summed E-state index contributed by atoms with van der Waals surface area (Å²) in [6.45, 7) is 0. The van der Waals surface area contributed by atoms with Gasteiger partial charge in [-0.1, -0.05) is 15.9 Å². The highest BCUT2D eigenvalue weighted by atomic mass is 79.9. The molecule has 0 aliphatic carbocycles. The fourth-order valence-electron chi connectivity index (χ4n) is 1.82. The SMILES string of the molecule is Fc1ccc(-c2n[nH]c3cc(Br)ccc23)cc1. The van der Waals surface area contributed by atoms with Crippen molar-refractivity contribution in [2.75, 3.05) is 0 Å². The first-order chi connectivity index (χ1) is 8.24. The molecule has 4 heteroatoms. The van der Waals surface area contributed by atoms with Gasteiger partial charge in [0.2, 0.25) is 0 Å². The van der Waals surface area contributed by atoms with Gasteiger partial charge in [-0.25, -0.2) is 4.39 Å². The van der Waals surface area contributed by atoms with Gasteiger partial charge >= 0.3 is 0 Å². The lowest BCUT2D eigenvalue weighted by molar-refractivity contribution is 0.628. The number of H-pyrrole nitrogens is 1. The molecule has 0 aliphatic heterocycles. The van der Waals surface area contributed by atoms with E-state index in [-0.39, 0.29) is 5.82 Å². The van der Waals surface area contributed by atoms with Crippen molar-refractivity contribution < 1.29 is 4.39 Å². The predicted octanol–water partition coefficient (Wildman–Crippen LogP) is 4.13. The van der Waals surface area contributed by atoms with Crippen molar-refractivity contribution in [3.63, 3.8) is 0 Å². The third-order valence-electron chi connectivity index (χ3n) is 2.64. The lowest BCUT2D eigenvalue weighted by Gasteiger charge is -1.97. The summed E-state index contributed by atoms with van der Waals surface area (Å²) in [5.74, 6) is -0.240. The Kier molecular flexibility index (Phi) is 2.44. The Balaban J connectivity index is 2.21. The van der Waals surface area contributed by atoms with Crippen LogP contribution in [-0.4, -0.2) is 10.2 Å². The molecule has 1 heterocycles. The second kappa shape index (κ2) is 3.96. The molecule has 0 radical (unpaired) electrons. The molecule has 0 unspecified atom stereocenters. The van der Waals surface area contributed by atoms with Crippen molar-refractivity contribution in [2.45, 2.75) is 0 Å². The van der Waals surface area contributed by atoms with Gasteiger partial charge in [-0.3, -0.25) is 5.10 Å². The molecule has 84 valence electrons. The first kappa shape index (κ1) is 10.5. The van der Waals surface area contributed by atoms with E-state index >= 15 is 0 Å². The third kappa shape index (κ3) is 1.85. The predicted molar refractivity (Wildman–Crippen MR) is 69.2 cm³/mol. The molecule has 1 N–H and O–H groups in total. The molecule has 0 fully saturated rings. The van der Waals surface area contributed by atoms with Crippen LogP contribution >= 0.6 is 15.9 Å². The third-order valence-corrected chi connectivity index (χ3v) is 3.14. The number of hydrogen-bond donors (Lipinski definition) is 1. The van der Waals surface area contributed by atoms with E-state index in [1.165, 1.54) is 12.1 Å². The first-order valence-electron chi connectivity index (χ1n) is 5.13. The molecule has 3 aromatic rings. The maximum absolute atomic E-state index is 12.9. The van der Waals surface area contributed by atoms with Gasteiger partial charge in [-0.2, -0.15) is 5.10 Å². The Morgan fingerprint density at radius 1 is 1.06 bits per heavy atom. The van der Waals surface area contributed by atoms with Crippen LogP contribution in [-0.2, 0) is 0 Å². The Hall–Kier alpha value is -1.68. The van der Waals surface area contributed by atoms with Gasteiger partial charge in [0.1, 0.15) is 5.82 Å². The summed E-state index contributed by atoms with van der Waals surface area (Å²) in [7, 11) is 0. The van der Waals surface area contributed by atoms with Gasteiger partial charge in [0.15, 0.2) is 0 Å². The minimum Gasteiger partial charge on any atom is -0.277 e. The minimum absolute atomic E-state index is 0.240. The molecule has 0 bridgehead atoms. The largest absolute Gasteiger partial charge is 0.277 e. The average Bonchev–Trinajstić information content (AvgIpc) is 2.73. The van der Waals surface area contributed by atoms with E-state index in [0.29, 0.717) is 0 Å². The zero-order valence-corrected chi connectivity index (χ0v) is 10.3. The smallest absolute Gasteiger partial charge is 0.123 e. The second-order valence-corrected chi connectivity index (χ2v) is 4.68. The average molecular weight is 291 g/mol. The fraction of sp³-hybridized carbons (Fsp3) is 0. The maximum atomic E-state index is 12.9. The van der Waals surface area contributed by atoms with E-state index in [1.807, 2.05) is 18.2 Å². The lowest BCUT2D eigenvalue weighted by Crippen LogP contribution is -1.79. The monoisotopic (exact) mass is 290 g/mol. The minimum atomic E-state index is -0.240. The Bertz CT molecular complexity index is 673. The van der Waals surface area contributed by atoms with Crippen molar-refractivity contribution in [3.8, 4) is 11.3 Å². The number of aromatic nitrogens is 2.